The molecular weight excluding hydrogens is 284 g/mol. The molecule has 3 heteroatoms. The third-order valence-corrected chi connectivity index (χ3v) is 3.89. The van der Waals surface area contributed by atoms with Crippen LogP contribution in [0, 0.1) is 6.92 Å². The van der Waals surface area contributed by atoms with Gasteiger partial charge in [-0.05, 0) is 56.9 Å². The van der Waals surface area contributed by atoms with Gasteiger partial charge < -0.3 is 10.6 Å². The highest BCUT2D eigenvalue weighted by molar-refractivity contribution is 5.84. The molecule has 2 aromatic carbocycles. The number of nitrogens with one attached hydrogen (secondary N) is 2. The maximum absolute atomic E-state index is 12.3. The van der Waals surface area contributed by atoms with Gasteiger partial charge in [0, 0.05) is 11.7 Å². The van der Waals surface area contributed by atoms with Crippen molar-refractivity contribution in [3.8, 4) is 0 Å². The largest absolute Gasteiger partial charge is 0.374 e. The molecule has 1 amide bonds. The molecule has 122 valence electrons. The smallest absolute Gasteiger partial charge is 0.242 e. The van der Waals surface area contributed by atoms with Crippen molar-refractivity contribution in [2.24, 2.45) is 0 Å². The standard InChI is InChI=1S/C20H26N2O/c1-15-8-7-11-19(14-15)22-17(3)20(23)21-16(2)12-13-18-9-5-4-6-10-18/h4-11,14,16-17,22H,12-13H2,1-3H3,(H,21,23)/t16-,17+/m1/s1. The third-order valence-electron chi connectivity index (χ3n) is 3.89. The van der Waals surface area contributed by atoms with Gasteiger partial charge in [-0.1, -0.05) is 42.5 Å². The van der Waals surface area contributed by atoms with E-state index in [0.29, 0.717) is 0 Å². The van der Waals surface area contributed by atoms with Gasteiger partial charge in [-0.2, -0.15) is 0 Å². The van der Waals surface area contributed by atoms with E-state index in [1.165, 1.54) is 11.1 Å². The maximum Gasteiger partial charge on any atom is 0.242 e. The number of amides is 1. The molecule has 2 rings (SSSR count). The van der Waals surface area contributed by atoms with Gasteiger partial charge in [-0.15, -0.1) is 0 Å². The molecule has 3 nitrogen and oxygen atoms in total. The first kappa shape index (κ1) is 17.1. The van der Waals surface area contributed by atoms with Crippen molar-refractivity contribution in [2.45, 2.75) is 45.7 Å². The Morgan fingerprint density at radius 2 is 1.78 bits per heavy atom. The highest BCUT2D eigenvalue weighted by atomic mass is 16.2. The molecule has 0 aliphatic heterocycles. The number of carbonyl (C=O) groups is 1. The van der Waals surface area contributed by atoms with Crippen molar-refractivity contribution in [2.75, 3.05) is 5.32 Å². The summed E-state index contributed by atoms with van der Waals surface area (Å²) in [4.78, 5) is 12.3. The third kappa shape index (κ3) is 5.78. The minimum absolute atomic E-state index is 0.0343. The summed E-state index contributed by atoms with van der Waals surface area (Å²) in [5.74, 6) is 0.0343. The van der Waals surface area contributed by atoms with Crippen LogP contribution in [0.4, 0.5) is 5.69 Å². The summed E-state index contributed by atoms with van der Waals surface area (Å²) in [5, 5.41) is 6.33. The van der Waals surface area contributed by atoms with Crippen LogP contribution in [-0.4, -0.2) is 18.0 Å². The summed E-state index contributed by atoms with van der Waals surface area (Å²) < 4.78 is 0. The Bertz CT molecular complexity index is 625. The first-order valence-electron chi connectivity index (χ1n) is 8.22. The van der Waals surface area contributed by atoms with E-state index in [-0.39, 0.29) is 18.0 Å². The number of rotatable bonds is 7. The predicted molar refractivity (Wildman–Crippen MR) is 96.6 cm³/mol. The van der Waals surface area contributed by atoms with Gasteiger partial charge in [0.15, 0.2) is 0 Å². The minimum atomic E-state index is -0.254. The fourth-order valence-electron chi connectivity index (χ4n) is 2.52. The van der Waals surface area contributed by atoms with E-state index >= 15 is 0 Å². The fourth-order valence-corrected chi connectivity index (χ4v) is 2.52. The lowest BCUT2D eigenvalue weighted by Crippen LogP contribution is -2.42. The average Bonchev–Trinajstić information content (AvgIpc) is 2.54. The van der Waals surface area contributed by atoms with E-state index in [1.54, 1.807) is 0 Å². The van der Waals surface area contributed by atoms with E-state index in [4.69, 9.17) is 0 Å². The summed E-state index contributed by atoms with van der Waals surface area (Å²) in [6, 6.07) is 18.3. The molecular formula is C20H26N2O. The normalized spacial score (nSPS) is 13.2. The zero-order chi connectivity index (χ0) is 16.7. The van der Waals surface area contributed by atoms with Gasteiger partial charge in [0.2, 0.25) is 5.91 Å². The highest BCUT2D eigenvalue weighted by Crippen LogP contribution is 2.11. The molecule has 23 heavy (non-hydrogen) atoms. The molecule has 0 bridgehead atoms. The van der Waals surface area contributed by atoms with E-state index < -0.39 is 0 Å². The molecule has 0 saturated heterocycles. The van der Waals surface area contributed by atoms with Gasteiger partial charge in [0.25, 0.3) is 0 Å². The first-order chi connectivity index (χ1) is 11.0. The zero-order valence-corrected chi connectivity index (χ0v) is 14.2. The van der Waals surface area contributed by atoms with Crippen molar-refractivity contribution < 1.29 is 4.79 Å². The second-order valence-corrected chi connectivity index (χ2v) is 6.17. The Morgan fingerprint density at radius 1 is 1.04 bits per heavy atom. The molecule has 0 saturated carbocycles. The van der Waals surface area contributed by atoms with Crippen LogP contribution >= 0.6 is 0 Å². The van der Waals surface area contributed by atoms with E-state index in [9.17, 15) is 4.79 Å². The van der Waals surface area contributed by atoms with Crippen molar-refractivity contribution >= 4 is 11.6 Å². The van der Waals surface area contributed by atoms with Crippen LogP contribution < -0.4 is 10.6 Å². The van der Waals surface area contributed by atoms with Crippen LogP contribution in [-0.2, 0) is 11.2 Å². The SMILES string of the molecule is Cc1cccc(N[C@@H](C)C(=O)N[C@H](C)CCc2ccccc2)c1. The topological polar surface area (TPSA) is 41.1 Å². The molecule has 0 unspecified atom stereocenters. The van der Waals surface area contributed by atoms with Gasteiger partial charge in [0.05, 0.1) is 0 Å². The molecule has 2 atom stereocenters. The Hall–Kier alpha value is -2.29. The summed E-state index contributed by atoms with van der Waals surface area (Å²) in [6.45, 7) is 5.99. The van der Waals surface area contributed by atoms with Gasteiger partial charge in [-0.25, -0.2) is 0 Å². The van der Waals surface area contributed by atoms with Crippen molar-refractivity contribution in [3.63, 3.8) is 0 Å². The van der Waals surface area contributed by atoms with Gasteiger partial charge >= 0.3 is 0 Å². The molecule has 0 aliphatic carbocycles. The van der Waals surface area contributed by atoms with Crippen LogP contribution in [0.15, 0.2) is 54.6 Å². The number of benzene rings is 2. The molecule has 0 aromatic heterocycles. The number of aryl methyl sites for hydroxylation is 2. The Labute approximate surface area is 139 Å². The first-order valence-corrected chi connectivity index (χ1v) is 8.22. The Balaban J connectivity index is 1.78. The molecule has 2 aromatic rings. The molecule has 2 N–H and O–H groups in total. The summed E-state index contributed by atoms with van der Waals surface area (Å²) in [6.07, 6.45) is 1.91. The van der Waals surface area contributed by atoms with E-state index in [2.05, 4.69) is 29.7 Å². The van der Waals surface area contributed by atoms with Gasteiger partial charge in [-0.3, -0.25) is 4.79 Å². The summed E-state index contributed by atoms with van der Waals surface area (Å²) in [7, 11) is 0. The Kier molecular flexibility index (Phi) is 6.21. The predicted octanol–water partition coefficient (Wildman–Crippen LogP) is 3.93. The van der Waals surface area contributed by atoms with E-state index in [0.717, 1.165) is 18.5 Å². The molecule has 0 heterocycles. The lowest BCUT2D eigenvalue weighted by molar-refractivity contribution is -0.122. The molecule has 0 aliphatic rings. The molecule has 0 spiro atoms. The highest BCUT2D eigenvalue weighted by Gasteiger charge is 2.15. The van der Waals surface area contributed by atoms with Crippen LogP contribution in [0.3, 0.4) is 0 Å². The summed E-state index contributed by atoms with van der Waals surface area (Å²) in [5.41, 5.74) is 3.46. The maximum atomic E-state index is 12.3. The van der Waals surface area contributed by atoms with Crippen LogP contribution in [0.2, 0.25) is 0 Å². The van der Waals surface area contributed by atoms with Crippen LogP contribution in [0.1, 0.15) is 31.4 Å². The minimum Gasteiger partial charge on any atom is -0.374 e. The fraction of sp³-hybridized carbons (Fsp3) is 0.350. The number of hydrogen-bond donors (Lipinski definition) is 2. The van der Waals surface area contributed by atoms with E-state index in [1.807, 2.05) is 56.3 Å². The molecule has 0 radical (unpaired) electrons. The second kappa shape index (κ2) is 8.37. The number of carbonyl (C=O) groups excluding carboxylic acids is 1. The molecule has 0 fully saturated rings. The lowest BCUT2D eigenvalue weighted by Gasteiger charge is -2.19. The van der Waals surface area contributed by atoms with Crippen molar-refractivity contribution in [1.82, 2.24) is 5.32 Å². The number of anilines is 1. The van der Waals surface area contributed by atoms with Crippen LogP contribution in [0.25, 0.3) is 0 Å². The van der Waals surface area contributed by atoms with Crippen molar-refractivity contribution in [3.05, 3.63) is 65.7 Å². The second-order valence-electron chi connectivity index (χ2n) is 6.17. The Morgan fingerprint density at radius 3 is 2.48 bits per heavy atom. The summed E-state index contributed by atoms with van der Waals surface area (Å²) >= 11 is 0. The number of hydrogen-bond acceptors (Lipinski definition) is 2. The zero-order valence-electron chi connectivity index (χ0n) is 14.2. The average molecular weight is 310 g/mol. The monoisotopic (exact) mass is 310 g/mol. The quantitative estimate of drug-likeness (QED) is 0.813. The van der Waals surface area contributed by atoms with Gasteiger partial charge in [0.1, 0.15) is 6.04 Å². The lowest BCUT2D eigenvalue weighted by atomic mass is 10.1. The van der Waals surface area contributed by atoms with Crippen molar-refractivity contribution in [1.29, 1.82) is 0 Å². The van der Waals surface area contributed by atoms with Crippen LogP contribution in [0.5, 0.6) is 0 Å².